The van der Waals surface area contributed by atoms with Crippen LogP contribution in [-0.2, 0) is 0 Å². The van der Waals surface area contributed by atoms with Gasteiger partial charge in [-0.1, -0.05) is 18.2 Å². The number of anilines is 1. The second kappa shape index (κ2) is 6.84. The lowest BCUT2D eigenvalue weighted by Crippen LogP contribution is -2.36. The number of urea groups is 1. The van der Waals surface area contributed by atoms with Crippen molar-refractivity contribution >= 4 is 11.8 Å². The van der Waals surface area contributed by atoms with Gasteiger partial charge in [-0.2, -0.15) is 5.10 Å². The molecule has 7 heteroatoms. The standard InChI is InChI=1S/C18H23FN4O2/c1-12(2)23-16(7-8-21-23)22-17(25)20-10-18(11-24)9-14(18)13-5-3-4-6-15(13)19/h3-8,12,14,24H,9-11H2,1-2H3,(H2,20,22,25)/t14-,18-/m1/s1. The first-order chi connectivity index (χ1) is 12.0. The highest BCUT2D eigenvalue weighted by Gasteiger charge is 2.55. The Hall–Kier alpha value is -2.41. The smallest absolute Gasteiger partial charge is 0.320 e. The summed E-state index contributed by atoms with van der Waals surface area (Å²) in [6, 6.07) is 8.07. The van der Waals surface area contributed by atoms with E-state index in [2.05, 4.69) is 15.7 Å². The summed E-state index contributed by atoms with van der Waals surface area (Å²) < 4.78 is 15.6. The Morgan fingerprint density at radius 3 is 2.88 bits per heavy atom. The highest BCUT2D eigenvalue weighted by molar-refractivity contribution is 5.88. The Morgan fingerprint density at radius 1 is 1.44 bits per heavy atom. The topological polar surface area (TPSA) is 79.2 Å². The summed E-state index contributed by atoms with van der Waals surface area (Å²) in [6.07, 6.45) is 2.27. The van der Waals surface area contributed by atoms with E-state index in [-0.39, 0.29) is 37.0 Å². The van der Waals surface area contributed by atoms with Gasteiger partial charge in [0.25, 0.3) is 0 Å². The Balaban J connectivity index is 1.60. The molecule has 1 aromatic carbocycles. The predicted molar refractivity (Wildman–Crippen MR) is 92.9 cm³/mol. The van der Waals surface area contributed by atoms with Crippen LogP contribution in [0.2, 0.25) is 0 Å². The quantitative estimate of drug-likeness (QED) is 0.752. The third-order valence-electron chi connectivity index (χ3n) is 4.79. The zero-order chi connectivity index (χ0) is 18.0. The van der Waals surface area contributed by atoms with Crippen molar-refractivity contribution in [2.75, 3.05) is 18.5 Å². The number of hydrogen-bond donors (Lipinski definition) is 3. The SMILES string of the molecule is CC(C)n1nccc1NC(=O)NC[C@@]1(CO)C[C@@H]1c1ccccc1F. The third-order valence-corrected chi connectivity index (χ3v) is 4.79. The molecule has 0 bridgehead atoms. The summed E-state index contributed by atoms with van der Waals surface area (Å²) in [5.74, 6) is 0.250. The van der Waals surface area contributed by atoms with Gasteiger partial charge in [0.1, 0.15) is 11.6 Å². The van der Waals surface area contributed by atoms with E-state index in [0.717, 1.165) is 0 Å². The highest BCUT2D eigenvalue weighted by Crippen LogP contribution is 2.59. The second-order valence-electron chi connectivity index (χ2n) is 6.86. The van der Waals surface area contributed by atoms with Gasteiger partial charge in [-0.3, -0.25) is 5.32 Å². The van der Waals surface area contributed by atoms with Crippen LogP contribution in [0.1, 0.15) is 37.8 Å². The van der Waals surface area contributed by atoms with Crippen LogP contribution in [0.25, 0.3) is 0 Å². The van der Waals surface area contributed by atoms with Gasteiger partial charge in [-0.15, -0.1) is 0 Å². The minimum Gasteiger partial charge on any atom is -0.396 e. The lowest BCUT2D eigenvalue weighted by atomic mass is 9.99. The van der Waals surface area contributed by atoms with E-state index >= 15 is 0 Å². The number of rotatable bonds is 6. The molecule has 0 radical (unpaired) electrons. The Morgan fingerprint density at radius 2 is 2.20 bits per heavy atom. The molecule has 6 nitrogen and oxygen atoms in total. The number of aliphatic hydroxyl groups is 1. The first-order valence-corrected chi connectivity index (χ1v) is 8.40. The summed E-state index contributed by atoms with van der Waals surface area (Å²) >= 11 is 0. The zero-order valence-corrected chi connectivity index (χ0v) is 14.4. The summed E-state index contributed by atoms with van der Waals surface area (Å²) in [4.78, 5) is 12.2. The Labute approximate surface area is 146 Å². The van der Waals surface area contributed by atoms with E-state index < -0.39 is 5.41 Å². The average Bonchev–Trinajstić information content (AvgIpc) is 3.12. The Kier molecular flexibility index (Phi) is 4.76. The lowest BCUT2D eigenvalue weighted by molar-refractivity contribution is 0.201. The molecule has 0 unspecified atom stereocenters. The molecule has 0 aliphatic heterocycles. The molecular formula is C18H23FN4O2. The average molecular weight is 346 g/mol. The number of nitrogens with zero attached hydrogens (tertiary/aromatic N) is 2. The molecule has 0 saturated heterocycles. The van der Waals surface area contributed by atoms with Crippen molar-refractivity contribution < 1.29 is 14.3 Å². The molecule has 1 heterocycles. The van der Waals surface area contributed by atoms with Gasteiger partial charge in [-0.25, -0.2) is 13.9 Å². The molecule has 1 aliphatic rings. The monoisotopic (exact) mass is 346 g/mol. The Bertz CT molecular complexity index is 761. The van der Waals surface area contributed by atoms with Crippen LogP contribution >= 0.6 is 0 Å². The van der Waals surface area contributed by atoms with Crippen molar-refractivity contribution in [3.05, 3.63) is 47.9 Å². The van der Waals surface area contributed by atoms with Crippen molar-refractivity contribution in [2.45, 2.75) is 32.2 Å². The molecule has 1 aliphatic carbocycles. The molecule has 3 rings (SSSR count). The number of halogens is 1. The van der Waals surface area contributed by atoms with E-state index in [0.29, 0.717) is 17.8 Å². The summed E-state index contributed by atoms with van der Waals surface area (Å²) in [5, 5.41) is 19.5. The summed E-state index contributed by atoms with van der Waals surface area (Å²) in [6.45, 7) is 4.13. The van der Waals surface area contributed by atoms with Crippen molar-refractivity contribution in [3.8, 4) is 0 Å². The molecule has 2 amide bonds. The van der Waals surface area contributed by atoms with Gasteiger partial charge >= 0.3 is 6.03 Å². The van der Waals surface area contributed by atoms with Crippen LogP contribution in [0.3, 0.4) is 0 Å². The zero-order valence-electron chi connectivity index (χ0n) is 14.4. The van der Waals surface area contributed by atoms with Gasteiger partial charge in [0.05, 0.1) is 12.8 Å². The van der Waals surface area contributed by atoms with Crippen LogP contribution < -0.4 is 10.6 Å². The number of carbonyl (C=O) groups is 1. The van der Waals surface area contributed by atoms with Gasteiger partial charge in [0, 0.05) is 24.1 Å². The van der Waals surface area contributed by atoms with Crippen molar-refractivity contribution in [2.24, 2.45) is 5.41 Å². The van der Waals surface area contributed by atoms with Gasteiger partial charge in [0.15, 0.2) is 0 Å². The number of benzene rings is 1. The minimum absolute atomic E-state index is 0.0832. The summed E-state index contributed by atoms with van der Waals surface area (Å²) in [7, 11) is 0. The molecule has 2 atom stereocenters. The molecule has 1 saturated carbocycles. The first-order valence-electron chi connectivity index (χ1n) is 8.40. The highest BCUT2D eigenvalue weighted by atomic mass is 19.1. The maximum absolute atomic E-state index is 13.9. The van der Waals surface area contributed by atoms with E-state index in [1.165, 1.54) is 6.07 Å². The second-order valence-corrected chi connectivity index (χ2v) is 6.86. The van der Waals surface area contributed by atoms with E-state index in [1.54, 1.807) is 35.1 Å². The molecule has 3 N–H and O–H groups in total. The van der Waals surface area contributed by atoms with E-state index in [1.807, 2.05) is 13.8 Å². The molecule has 2 aromatic rings. The van der Waals surface area contributed by atoms with Crippen LogP contribution in [0.15, 0.2) is 36.5 Å². The largest absolute Gasteiger partial charge is 0.396 e. The molecular weight excluding hydrogens is 323 g/mol. The number of carbonyl (C=O) groups excluding carboxylic acids is 1. The fourth-order valence-electron chi connectivity index (χ4n) is 3.21. The number of nitrogens with one attached hydrogen (secondary N) is 2. The minimum atomic E-state index is -0.502. The van der Waals surface area contributed by atoms with E-state index in [9.17, 15) is 14.3 Å². The van der Waals surface area contributed by atoms with Crippen LogP contribution in [0, 0.1) is 11.2 Å². The van der Waals surface area contributed by atoms with Crippen LogP contribution in [0.5, 0.6) is 0 Å². The number of hydrogen-bond acceptors (Lipinski definition) is 3. The van der Waals surface area contributed by atoms with Crippen molar-refractivity contribution in [3.63, 3.8) is 0 Å². The first kappa shape index (κ1) is 17.4. The van der Waals surface area contributed by atoms with Gasteiger partial charge < -0.3 is 10.4 Å². The third kappa shape index (κ3) is 3.51. The predicted octanol–water partition coefficient (Wildman–Crippen LogP) is 2.89. The maximum atomic E-state index is 13.9. The summed E-state index contributed by atoms with van der Waals surface area (Å²) in [5.41, 5.74) is 0.0920. The molecule has 0 spiro atoms. The van der Waals surface area contributed by atoms with Gasteiger partial charge in [-0.05, 0) is 37.8 Å². The molecule has 1 fully saturated rings. The van der Waals surface area contributed by atoms with Gasteiger partial charge in [0.2, 0.25) is 0 Å². The van der Waals surface area contributed by atoms with Crippen LogP contribution in [-0.4, -0.2) is 34.1 Å². The van der Waals surface area contributed by atoms with Crippen molar-refractivity contribution in [1.29, 1.82) is 0 Å². The normalized spacial score (nSPS) is 22.0. The molecule has 25 heavy (non-hydrogen) atoms. The number of aromatic nitrogens is 2. The molecule has 1 aromatic heterocycles. The molecule has 134 valence electrons. The lowest BCUT2D eigenvalue weighted by Gasteiger charge is -2.17. The number of amides is 2. The van der Waals surface area contributed by atoms with E-state index in [4.69, 9.17) is 0 Å². The fourth-order valence-corrected chi connectivity index (χ4v) is 3.21. The fraction of sp³-hybridized carbons (Fsp3) is 0.444. The van der Waals surface area contributed by atoms with Crippen molar-refractivity contribution in [1.82, 2.24) is 15.1 Å². The van der Waals surface area contributed by atoms with Crippen LogP contribution in [0.4, 0.5) is 15.0 Å². The number of aliphatic hydroxyl groups excluding tert-OH is 1. The maximum Gasteiger partial charge on any atom is 0.320 e.